The summed E-state index contributed by atoms with van der Waals surface area (Å²) >= 11 is 7.55. The zero-order valence-electron chi connectivity index (χ0n) is 10.00. The minimum Gasteiger partial charge on any atom is -0.329 e. The lowest BCUT2D eigenvalue weighted by molar-refractivity contribution is -0.113. The first-order chi connectivity index (χ1) is 8.02. The highest BCUT2D eigenvalue weighted by Gasteiger charge is 2.08. The number of hydrogen-bond donors (Lipinski definition) is 2. The van der Waals surface area contributed by atoms with E-state index in [1.54, 1.807) is 0 Å². The number of halogens is 1. The number of anilines is 1. The van der Waals surface area contributed by atoms with Gasteiger partial charge in [0.1, 0.15) is 0 Å². The summed E-state index contributed by atoms with van der Waals surface area (Å²) in [6, 6.07) is 5.55. The van der Waals surface area contributed by atoms with E-state index in [0.29, 0.717) is 23.0 Å². The Morgan fingerprint density at radius 2 is 2.29 bits per heavy atom. The monoisotopic (exact) mass is 272 g/mol. The molecule has 0 aromatic heterocycles. The topological polar surface area (TPSA) is 55.1 Å². The smallest absolute Gasteiger partial charge is 0.234 e. The van der Waals surface area contributed by atoms with E-state index in [-0.39, 0.29) is 11.2 Å². The molecule has 5 heteroatoms. The number of carbonyl (C=O) groups is 1. The number of rotatable bonds is 5. The molecule has 17 heavy (non-hydrogen) atoms. The molecule has 1 rings (SSSR count). The van der Waals surface area contributed by atoms with Gasteiger partial charge in [0, 0.05) is 11.8 Å². The molecule has 3 N–H and O–H groups in total. The summed E-state index contributed by atoms with van der Waals surface area (Å²) in [4.78, 5) is 11.6. The van der Waals surface area contributed by atoms with Gasteiger partial charge in [-0.2, -0.15) is 0 Å². The minimum atomic E-state index is -0.0546. The van der Waals surface area contributed by atoms with Gasteiger partial charge in [0.05, 0.1) is 16.5 Å². The van der Waals surface area contributed by atoms with Gasteiger partial charge in [0.15, 0.2) is 0 Å². The van der Waals surface area contributed by atoms with Crippen molar-refractivity contribution in [2.45, 2.75) is 19.1 Å². The third-order valence-electron chi connectivity index (χ3n) is 2.23. The van der Waals surface area contributed by atoms with Crippen LogP contribution in [0.25, 0.3) is 0 Å². The molecule has 0 heterocycles. The Balaban J connectivity index is 2.50. The van der Waals surface area contributed by atoms with Gasteiger partial charge in [0.2, 0.25) is 5.91 Å². The summed E-state index contributed by atoms with van der Waals surface area (Å²) < 4.78 is 0. The number of nitrogens with two attached hydrogens (primary N) is 1. The van der Waals surface area contributed by atoms with Crippen LogP contribution in [0.1, 0.15) is 12.5 Å². The van der Waals surface area contributed by atoms with Crippen LogP contribution in [0.4, 0.5) is 5.69 Å². The Labute approximate surface area is 111 Å². The van der Waals surface area contributed by atoms with Crippen molar-refractivity contribution in [1.29, 1.82) is 0 Å². The average molecular weight is 273 g/mol. The number of amides is 1. The van der Waals surface area contributed by atoms with Crippen LogP contribution >= 0.6 is 23.4 Å². The summed E-state index contributed by atoms with van der Waals surface area (Å²) in [5, 5.41) is 3.64. The standard InChI is InChI=1S/C12H17ClN2OS/c1-8-3-4-11(10(13)5-8)15-12(16)7-17-9(2)6-14/h3-5,9H,6-7,14H2,1-2H3,(H,15,16). The molecule has 1 amide bonds. The van der Waals surface area contributed by atoms with E-state index in [9.17, 15) is 4.79 Å². The van der Waals surface area contributed by atoms with Gasteiger partial charge >= 0.3 is 0 Å². The van der Waals surface area contributed by atoms with Gasteiger partial charge in [0.25, 0.3) is 0 Å². The van der Waals surface area contributed by atoms with Gasteiger partial charge in [-0.1, -0.05) is 24.6 Å². The van der Waals surface area contributed by atoms with Crippen molar-refractivity contribution >= 4 is 35.0 Å². The molecule has 1 aromatic rings. The predicted molar refractivity (Wildman–Crippen MR) is 75.8 cm³/mol. The number of thioether (sulfide) groups is 1. The van der Waals surface area contributed by atoms with E-state index in [1.165, 1.54) is 11.8 Å². The molecule has 0 saturated carbocycles. The molecule has 0 aliphatic carbocycles. The fourth-order valence-electron chi connectivity index (χ4n) is 1.19. The zero-order chi connectivity index (χ0) is 12.8. The average Bonchev–Trinajstić information content (AvgIpc) is 2.29. The summed E-state index contributed by atoms with van der Waals surface area (Å²) in [6.45, 7) is 4.52. The molecule has 1 aromatic carbocycles. The summed E-state index contributed by atoms with van der Waals surface area (Å²) in [6.07, 6.45) is 0. The highest BCUT2D eigenvalue weighted by Crippen LogP contribution is 2.23. The molecule has 0 saturated heterocycles. The van der Waals surface area contributed by atoms with Gasteiger partial charge in [-0.05, 0) is 24.6 Å². The fourth-order valence-corrected chi connectivity index (χ4v) is 2.12. The van der Waals surface area contributed by atoms with Crippen molar-refractivity contribution in [3.05, 3.63) is 28.8 Å². The van der Waals surface area contributed by atoms with Crippen LogP contribution in [-0.4, -0.2) is 23.5 Å². The number of nitrogens with one attached hydrogen (secondary N) is 1. The van der Waals surface area contributed by atoms with Crippen molar-refractivity contribution in [2.75, 3.05) is 17.6 Å². The van der Waals surface area contributed by atoms with E-state index in [0.717, 1.165) is 5.56 Å². The van der Waals surface area contributed by atoms with E-state index >= 15 is 0 Å². The van der Waals surface area contributed by atoms with Crippen LogP contribution < -0.4 is 11.1 Å². The molecule has 0 radical (unpaired) electrons. The normalized spacial score (nSPS) is 12.2. The molecule has 0 aliphatic heterocycles. The lowest BCUT2D eigenvalue weighted by Crippen LogP contribution is -2.19. The maximum Gasteiger partial charge on any atom is 0.234 e. The molecule has 1 atom stereocenters. The van der Waals surface area contributed by atoms with Crippen molar-refractivity contribution in [3.8, 4) is 0 Å². The van der Waals surface area contributed by atoms with Crippen LogP contribution in [0.5, 0.6) is 0 Å². The van der Waals surface area contributed by atoms with Gasteiger partial charge in [-0.15, -0.1) is 11.8 Å². The van der Waals surface area contributed by atoms with Crippen molar-refractivity contribution in [3.63, 3.8) is 0 Å². The molecular weight excluding hydrogens is 256 g/mol. The largest absolute Gasteiger partial charge is 0.329 e. The van der Waals surface area contributed by atoms with Crippen molar-refractivity contribution in [1.82, 2.24) is 0 Å². The Morgan fingerprint density at radius 3 is 2.88 bits per heavy atom. The van der Waals surface area contributed by atoms with Crippen LogP contribution in [0.2, 0.25) is 5.02 Å². The third kappa shape index (κ3) is 4.98. The summed E-state index contributed by atoms with van der Waals surface area (Å²) in [5.41, 5.74) is 7.20. The summed E-state index contributed by atoms with van der Waals surface area (Å²) in [5.74, 6) is 0.337. The lowest BCUT2D eigenvalue weighted by Gasteiger charge is -2.10. The molecule has 0 bridgehead atoms. The Morgan fingerprint density at radius 1 is 1.59 bits per heavy atom. The highest BCUT2D eigenvalue weighted by atomic mass is 35.5. The maximum atomic E-state index is 11.6. The van der Waals surface area contributed by atoms with Crippen LogP contribution in [0, 0.1) is 6.92 Å². The minimum absolute atomic E-state index is 0.0546. The lowest BCUT2D eigenvalue weighted by atomic mass is 10.2. The Kier molecular flexibility index (Phi) is 5.82. The van der Waals surface area contributed by atoms with E-state index in [4.69, 9.17) is 17.3 Å². The summed E-state index contributed by atoms with van der Waals surface area (Å²) in [7, 11) is 0. The quantitative estimate of drug-likeness (QED) is 0.866. The third-order valence-corrected chi connectivity index (χ3v) is 3.73. The van der Waals surface area contributed by atoms with Crippen LogP contribution in [-0.2, 0) is 4.79 Å². The van der Waals surface area contributed by atoms with E-state index < -0.39 is 0 Å². The molecule has 3 nitrogen and oxygen atoms in total. The number of carbonyl (C=O) groups excluding carboxylic acids is 1. The molecular formula is C12H17ClN2OS. The van der Waals surface area contributed by atoms with Gasteiger partial charge in [-0.25, -0.2) is 0 Å². The second-order valence-corrected chi connectivity index (χ2v) is 5.72. The molecule has 0 spiro atoms. The molecule has 0 fully saturated rings. The first kappa shape index (κ1) is 14.4. The number of benzene rings is 1. The SMILES string of the molecule is Cc1ccc(NC(=O)CSC(C)CN)c(Cl)c1. The van der Waals surface area contributed by atoms with Crippen molar-refractivity contribution < 1.29 is 4.79 Å². The highest BCUT2D eigenvalue weighted by molar-refractivity contribution is 8.00. The fraction of sp³-hybridized carbons (Fsp3) is 0.417. The molecule has 1 unspecified atom stereocenters. The zero-order valence-corrected chi connectivity index (χ0v) is 11.6. The van der Waals surface area contributed by atoms with E-state index in [1.807, 2.05) is 32.0 Å². The number of hydrogen-bond acceptors (Lipinski definition) is 3. The van der Waals surface area contributed by atoms with Crippen molar-refractivity contribution in [2.24, 2.45) is 5.73 Å². The first-order valence-corrected chi connectivity index (χ1v) is 6.83. The van der Waals surface area contributed by atoms with Crippen LogP contribution in [0.15, 0.2) is 18.2 Å². The second kappa shape index (κ2) is 6.89. The second-order valence-electron chi connectivity index (χ2n) is 3.89. The van der Waals surface area contributed by atoms with Gasteiger partial charge < -0.3 is 11.1 Å². The number of aryl methyl sites for hydroxylation is 1. The molecule has 0 aliphatic rings. The first-order valence-electron chi connectivity index (χ1n) is 5.40. The van der Waals surface area contributed by atoms with Gasteiger partial charge in [-0.3, -0.25) is 4.79 Å². The molecule has 94 valence electrons. The van der Waals surface area contributed by atoms with Crippen LogP contribution in [0.3, 0.4) is 0 Å². The predicted octanol–water partition coefficient (Wildman–Crippen LogP) is 2.67. The Hall–Kier alpha value is -0.710. The maximum absolute atomic E-state index is 11.6. The Bertz CT molecular complexity index is 398. The van der Waals surface area contributed by atoms with E-state index in [2.05, 4.69) is 5.32 Å².